The number of nitrogens with one attached hydrogen (secondary N) is 1. The van der Waals surface area contributed by atoms with Crippen molar-refractivity contribution in [2.24, 2.45) is 0 Å². The maximum absolute atomic E-state index is 4.61. The molecule has 0 atom stereocenters. The lowest BCUT2D eigenvalue weighted by Crippen LogP contribution is -2.13. The van der Waals surface area contributed by atoms with Crippen LogP contribution in [0.15, 0.2) is 24.4 Å². The Hall–Kier alpha value is -0.960. The summed E-state index contributed by atoms with van der Waals surface area (Å²) in [5.74, 6) is 0. The molecule has 0 spiro atoms. The molecule has 1 rings (SSSR count). The summed E-state index contributed by atoms with van der Waals surface area (Å²) in [6, 6.07) is 5.90. The molecule has 1 N–H and O–H groups in total. The molecule has 0 aliphatic carbocycles. The smallest absolute Gasteiger partial charge is 0.0615 e. The van der Waals surface area contributed by atoms with Gasteiger partial charge in [0.1, 0.15) is 0 Å². The molecule has 0 aliphatic heterocycles. The average molecular weight is 166 g/mol. The van der Waals surface area contributed by atoms with Crippen molar-refractivity contribution < 1.29 is 0 Å². The largest absolute Gasteiger partial charge is 0.382 e. The molecule has 58 valence electrons. The van der Waals surface area contributed by atoms with Crippen LogP contribution in [0.1, 0.15) is 5.69 Å². The van der Waals surface area contributed by atoms with Crippen molar-refractivity contribution in [3.8, 4) is 0 Å². The standard InChI is InChI=1S/C8H10N2S/c11-7-9-6-4-8-3-1-2-5-10-8/h1-3,5,7H,4,6H2,(H,9,11). The third kappa shape index (κ3) is 3.09. The summed E-state index contributed by atoms with van der Waals surface area (Å²) in [6.07, 6.45) is 2.72. The highest BCUT2D eigenvalue weighted by atomic mass is 32.1. The molecule has 0 fully saturated rings. The molecular formula is C8H10N2S. The van der Waals surface area contributed by atoms with Crippen LogP contribution in [-0.2, 0) is 6.42 Å². The molecule has 1 aromatic heterocycles. The van der Waals surface area contributed by atoms with E-state index in [1.165, 1.54) is 5.49 Å². The Kier molecular flexibility index (Phi) is 3.55. The van der Waals surface area contributed by atoms with Crippen molar-refractivity contribution in [1.29, 1.82) is 0 Å². The van der Waals surface area contributed by atoms with Gasteiger partial charge in [0.15, 0.2) is 0 Å². The molecule has 0 unspecified atom stereocenters. The van der Waals surface area contributed by atoms with Crippen LogP contribution in [0.25, 0.3) is 0 Å². The summed E-state index contributed by atoms with van der Waals surface area (Å²) in [5.41, 5.74) is 2.62. The average Bonchev–Trinajstić information content (AvgIpc) is 2.07. The SMILES string of the molecule is S=CNCCc1ccccn1. The van der Waals surface area contributed by atoms with Crippen LogP contribution in [0.3, 0.4) is 0 Å². The van der Waals surface area contributed by atoms with Crippen molar-refractivity contribution in [1.82, 2.24) is 10.3 Å². The van der Waals surface area contributed by atoms with Gasteiger partial charge >= 0.3 is 0 Å². The lowest BCUT2D eigenvalue weighted by Gasteiger charge is -1.98. The fourth-order valence-electron chi connectivity index (χ4n) is 0.805. The molecule has 3 heteroatoms. The number of thiocarbonyl (C=S) groups is 1. The van der Waals surface area contributed by atoms with Crippen LogP contribution >= 0.6 is 12.2 Å². The summed E-state index contributed by atoms with van der Waals surface area (Å²) in [6.45, 7) is 0.862. The van der Waals surface area contributed by atoms with E-state index in [1.54, 1.807) is 6.20 Å². The van der Waals surface area contributed by atoms with E-state index in [9.17, 15) is 0 Å². The normalized spacial score (nSPS) is 9.09. The van der Waals surface area contributed by atoms with Crippen molar-refractivity contribution in [3.63, 3.8) is 0 Å². The Morgan fingerprint density at radius 1 is 1.55 bits per heavy atom. The van der Waals surface area contributed by atoms with Crippen molar-refractivity contribution in [2.45, 2.75) is 6.42 Å². The maximum Gasteiger partial charge on any atom is 0.0615 e. The monoisotopic (exact) mass is 166 g/mol. The highest BCUT2D eigenvalue weighted by Crippen LogP contribution is 1.92. The van der Waals surface area contributed by atoms with Gasteiger partial charge in [0.2, 0.25) is 0 Å². The van der Waals surface area contributed by atoms with Gasteiger partial charge in [-0.2, -0.15) is 0 Å². The maximum atomic E-state index is 4.61. The number of pyridine rings is 1. The molecule has 0 aliphatic rings. The van der Waals surface area contributed by atoms with Gasteiger partial charge in [0.05, 0.1) is 5.49 Å². The van der Waals surface area contributed by atoms with E-state index in [2.05, 4.69) is 22.5 Å². The van der Waals surface area contributed by atoms with Gasteiger partial charge in [-0.3, -0.25) is 4.98 Å². The Bertz CT molecular complexity index is 211. The van der Waals surface area contributed by atoms with Gasteiger partial charge in [-0.1, -0.05) is 18.3 Å². The van der Waals surface area contributed by atoms with E-state index in [1.807, 2.05) is 18.2 Å². The van der Waals surface area contributed by atoms with E-state index >= 15 is 0 Å². The second-order valence-electron chi connectivity index (χ2n) is 2.14. The molecule has 0 bridgehead atoms. The van der Waals surface area contributed by atoms with E-state index in [-0.39, 0.29) is 0 Å². The van der Waals surface area contributed by atoms with E-state index in [4.69, 9.17) is 0 Å². The topological polar surface area (TPSA) is 24.9 Å². The van der Waals surface area contributed by atoms with Gasteiger partial charge in [-0.05, 0) is 12.1 Å². The molecule has 0 radical (unpaired) electrons. The van der Waals surface area contributed by atoms with Crippen LogP contribution in [0.5, 0.6) is 0 Å². The van der Waals surface area contributed by atoms with E-state index in [0.29, 0.717) is 0 Å². The second-order valence-corrected chi connectivity index (χ2v) is 2.38. The summed E-state index contributed by atoms with van der Waals surface area (Å²) in [4.78, 5) is 4.16. The van der Waals surface area contributed by atoms with Crippen molar-refractivity contribution in [2.75, 3.05) is 6.54 Å². The molecule has 0 saturated carbocycles. The summed E-state index contributed by atoms with van der Waals surface area (Å²) in [5, 5.41) is 2.95. The first kappa shape index (κ1) is 8.14. The summed E-state index contributed by atoms with van der Waals surface area (Å²) in [7, 11) is 0. The summed E-state index contributed by atoms with van der Waals surface area (Å²) >= 11 is 4.61. The zero-order valence-electron chi connectivity index (χ0n) is 6.16. The first-order valence-electron chi connectivity index (χ1n) is 3.50. The fraction of sp³-hybridized carbons (Fsp3) is 0.250. The van der Waals surface area contributed by atoms with Crippen LogP contribution in [-0.4, -0.2) is 17.0 Å². The van der Waals surface area contributed by atoms with E-state index < -0.39 is 0 Å². The summed E-state index contributed by atoms with van der Waals surface area (Å²) < 4.78 is 0. The van der Waals surface area contributed by atoms with Gasteiger partial charge in [-0.15, -0.1) is 0 Å². The molecular weight excluding hydrogens is 156 g/mol. The lowest BCUT2D eigenvalue weighted by atomic mass is 10.3. The molecule has 0 aromatic carbocycles. The number of hydrogen-bond donors (Lipinski definition) is 1. The molecule has 1 aromatic rings. The Balaban J connectivity index is 2.33. The lowest BCUT2D eigenvalue weighted by molar-refractivity contribution is 0.857. The predicted octanol–water partition coefficient (Wildman–Crippen LogP) is 1.17. The number of hydrogen-bond acceptors (Lipinski definition) is 2. The van der Waals surface area contributed by atoms with Crippen molar-refractivity contribution >= 4 is 17.7 Å². The fourth-order valence-corrected chi connectivity index (χ4v) is 0.923. The number of rotatable bonds is 4. The van der Waals surface area contributed by atoms with Gasteiger partial charge in [0.25, 0.3) is 0 Å². The highest BCUT2D eigenvalue weighted by molar-refractivity contribution is 7.78. The van der Waals surface area contributed by atoms with Gasteiger partial charge in [-0.25, -0.2) is 0 Å². The van der Waals surface area contributed by atoms with Crippen LogP contribution in [0, 0.1) is 0 Å². The zero-order valence-corrected chi connectivity index (χ0v) is 6.97. The van der Waals surface area contributed by atoms with Crippen LogP contribution < -0.4 is 5.32 Å². The number of nitrogens with zero attached hydrogens (tertiary/aromatic N) is 1. The van der Waals surface area contributed by atoms with E-state index in [0.717, 1.165) is 18.7 Å². The van der Waals surface area contributed by atoms with Crippen molar-refractivity contribution in [3.05, 3.63) is 30.1 Å². The predicted molar refractivity (Wildman–Crippen MR) is 49.6 cm³/mol. The minimum absolute atomic E-state index is 0.862. The molecule has 0 saturated heterocycles. The Morgan fingerprint density at radius 2 is 2.45 bits per heavy atom. The molecule has 1 heterocycles. The minimum Gasteiger partial charge on any atom is -0.382 e. The minimum atomic E-state index is 0.862. The Labute approximate surface area is 71.7 Å². The quantitative estimate of drug-likeness (QED) is 0.537. The second kappa shape index (κ2) is 4.79. The van der Waals surface area contributed by atoms with Crippen LogP contribution in [0.2, 0.25) is 0 Å². The molecule has 0 amide bonds. The first-order valence-corrected chi connectivity index (χ1v) is 3.97. The van der Waals surface area contributed by atoms with Gasteiger partial charge < -0.3 is 5.32 Å². The third-order valence-corrected chi connectivity index (χ3v) is 1.50. The highest BCUT2D eigenvalue weighted by Gasteiger charge is 1.89. The molecule has 11 heavy (non-hydrogen) atoms. The first-order chi connectivity index (χ1) is 5.43. The Morgan fingerprint density at radius 3 is 3.09 bits per heavy atom. The molecule has 2 nitrogen and oxygen atoms in total. The third-order valence-electron chi connectivity index (χ3n) is 1.33. The zero-order chi connectivity index (χ0) is 7.94. The number of aromatic nitrogens is 1. The van der Waals surface area contributed by atoms with Gasteiger partial charge in [0, 0.05) is 24.9 Å². The van der Waals surface area contributed by atoms with Crippen LogP contribution in [0.4, 0.5) is 0 Å².